The van der Waals surface area contributed by atoms with Gasteiger partial charge in [0.1, 0.15) is 5.01 Å². The molecule has 12 heavy (non-hydrogen) atoms. The van der Waals surface area contributed by atoms with E-state index in [2.05, 4.69) is 26.1 Å². The van der Waals surface area contributed by atoms with Crippen LogP contribution in [0.3, 0.4) is 0 Å². The van der Waals surface area contributed by atoms with Crippen LogP contribution in [-0.4, -0.2) is 23.4 Å². The van der Waals surface area contributed by atoms with Gasteiger partial charge in [0.05, 0.1) is 6.61 Å². The number of halogens is 1. The molecule has 0 saturated carbocycles. The Labute approximate surface area is 83.3 Å². The van der Waals surface area contributed by atoms with Crippen LogP contribution in [0, 0.1) is 0 Å². The van der Waals surface area contributed by atoms with Gasteiger partial charge in [-0.2, -0.15) is 0 Å². The van der Waals surface area contributed by atoms with Crippen LogP contribution < -0.4 is 0 Å². The fraction of sp³-hybridized carbons (Fsp3) is 0.714. The highest BCUT2D eigenvalue weighted by Gasteiger charge is 2.19. The molecular weight excluding hydrogens is 240 g/mol. The molecule has 3 nitrogen and oxygen atoms in total. The average molecular weight is 249 g/mol. The number of aromatic nitrogens is 2. The summed E-state index contributed by atoms with van der Waals surface area (Å²) in [5, 5.41) is 9.10. The van der Waals surface area contributed by atoms with E-state index >= 15 is 0 Å². The summed E-state index contributed by atoms with van der Waals surface area (Å²) in [4.78, 5) is 0. The first-order valence-corrected chi connectivity index (χ1v) is 5.54. The average Bonchev–Trinajstić information content (AvgIpc) is 2.54. The first kappa shape index (κ1) is 8.59. The first-order valence-electron chi connectivity index (χ1n) is 3.93. The molecular formula is C7H9BrN2OS. The highest BCUT2D eigenvalue weighted by atomic mass is 79.9. The van der Waals surface area contributed by atoms with Crippen molar-refractivity contribution in [2.75, 3.05) is 13.2 Å². The van der Waals surface area contributed by atoms with E-state index in [-0.39, 0.29) is 0 Å². The lowest BCUT2D eigenvalue weighted by Gasteiger charge is -2.18. The zero-order valence-electron chi connectivity index (χ0n) is 6.49. The number of rotatable bonds is 1. The lowest BCUT2D eigenvalue weighted by atomic mass is 10.0. The lowest BCUT2D eigenvalue weighted by molar-refractivity contribution is 0.0802. The molecule has 1 aliphatic rings. The molecule has 1 atom stereocenters. The van der Waals surface area contributed by atoms with Crippen molar-refractivity contribution in [3.63, 3.8) is 0 Å². The predicted molar refractivity (Wildman–Crippen MR) is 50.4 cm³/mol. The molecule has 2 heterocycles. The van der Waals surface area contributed by atoms with Crippen molar-refractivity contribution < 1.29 is 4.74 Å². The monoisotopic (exact) mass is 248 g/mol. The van der Waals surface area contributed by atoms with Gasteiger partial charge in [-0.25, -0.2) is 0 Å². The van der Waals surface area contributed by atoms with Crippen LogP contribution >= 0.6 is 27.3 Å². The maximum atomic E-state index is 5.37. The van der Waals surface area contributed by atoms with Gasteiger partial charge in [-0.15, -0.1) is 10.2 Å². The molecule has 1 aromatic rings. The zero-order chi connectivity index (χ0) is 8.39. The molecule has 1 fully saturated rings. The van der Waals surface area contributed by atoms with E-state index in [0.717, 1.165) is 28.6 Å². The molecule has 1 aromatic heterocycles. The fourth-order valence-electron chi connectivity index (χ4n) is 1.32. The number of nitrogens with zero attached hydrogens (tertiary/aromatic N) is 2. The topological polar surface area (TPSA) is 35.0 Å². The van der Waals surface area contributed by atoms with Crippen LogP contribution in [0.2, 0.25) is 0 Å². The molecule has 1 unspecified atom stereocenters. The number of hydrogen-bond donors (Lipinski definition) is 0. The molecule has 5 heteroatoms. The van der Waals surface area contributed by atoms with Crippen LogP contribution in [0.15, 0.2) is 3.92 Å². The number of hydrogen-bond acceptors (Lipinski definition) is 4. The molecule has 1 saturated heterocycles. The maximum absolute atomic E-state index is 5.37. The number of ether oxygens (including phenoxy) is 1. The second kappa shape index (κ2) is 3.81. The van der Waals surface area contributed by atoms with Crippen LogP contribution in [0.25, 0.3) is 0 Å². The van der Waals surface area contributed by atoms with Crippen LogP contribution in [-0.2, 0) is 4.74 Å². The summed E-state index contributed by atoms with van der Waals surface area (Å²) < 4.78 is 6.23. The van der Waals surface area contributed by atoms with Crippen molar-refractivity contribution in [2.45, 2.75) is 18.8 Å². The summed E-state index contributed by atoms with van der Waals surface area (Å²) >= 11 is 4.91. The van der Waals surface area contributed by atoms with Crippen molar-refractivity contribution in [2.24, 2.45) is 0 Å². The van der Waals surface area contributed by atoms with Crippen LogP contribution in [0.4, 0.5) is 0 Å². The highest BCUT2D eigenvalue weighted by molar-refractivity contribution is 9.11. The summed E-state index contributed by atoms with van der Waals surface area (Å²) in [5.41, 5.74) is 0. The lowest BCUT2D eigenvalue weighted by Crippen LogP contribution is -2.15. The zero-order valence-corrected chi connectivity index (χ0v) is 8.90. The second-order valence-electron chi connectivity index (χ2n) is 2.81. The van der Waals surface area contributed by atoms with Gasteiger partial charge in [0.2, 0.25) is 0 Å². The van der Waals surface area contributed by atoms with Gasteiger partial charge < -0.3 is 4.74 Å². The molecule has 2 rings (SSSR count). The summed E-state index contributed by atoms with van der Waals surface area (Å²) in [7, 11) is 0. The van der Waals surface area contributed by atoms with Crippen molar-refractivity contribution in [3.8, 4) is 0 Å². The van der Waals surface area contributed by atoms with Crippen molar-refractivity contribution in [1.82, 2.24) is 10.2 Å². The Balaban J connectivity index is 2.08. The molecule has 0 radical (unpaired) electrons. The minimum atomic E-state index is 0.475. The third-order valence-electron chi connectivity index (χ3n) is 1.93. The van der Waals surface area contributed by atoms with E-state index in [0.29, 0.717) is 5.92 Å². The van der Waals surface area contributed by atoms with Gasteiger partial charge in [0, 0.05) is 12.5 Å². The minimum absolute atomic E-state index is 0.475. The molecule has 0 aromatic carbocycles. The van der Waals surface area contributed by atoms with E-state index in [1.165, 1.54) is 6.42 Å². The Kier molecular flexibility index (Phi) is 2.73. The standard InChI is InChI=1S/C7H9BrN2OS/c8-7-10-9-6(12-7)5-2-1-3-11-4-5/h5H,1-4H2. The third kappa shape index (κ3) is 1.84. The van der Waals surface area contributed by atoms with E-state index in [4.69, 9.17) is 4.74 Å². The van der Waals surface area contributed by atoms with Crippen molar-refractivity contribution in [1.29, 1.82) is 0 Å². The Morgan fingerprint density at radius 3 is 3.00 bits per heavy atom. The molecule has 0 aliphatic carbocycles. The Morgan fingerprint density at radius 1 is 1.50 bits per heavy atom. The van der Waals surface area contributed by atoms with Crippen molar-refractivity contribution >= 4 is 27.3 Å². The normalized spacial score (nSPS) is 24.2. The Bertz CT molecular complexity index is 260. The van der Waals surface area contributed by atoms with Crippen LogP contribution in [0.1, 0.15) is 23.8 Å². The Hall–Kier alpha value is -0.0000000000000000555. The second-order valence-corrected chi connectivity index (χ2v) is 5.09. The summed E-state index contributed by atoms with van der Waals surface area (Å²) in [6.07, 6.45) is 2.32. The van der Waals surface area contributed by atoms with E-state index in [1.807, 2.05) is 0 Å². The molecule has 1 aliphatic heterocycles. The summed E-state index contributed by atoms with van der Waals surface area (Å²) in [5.74, 6) is 0.475. The summed E-state index contributed by atoms with van der Waals surface area (Å²) in [6, 6.07) is 0. The largest absolute Gasteiger partial charge is 0.381 e. The smallest absolute Gasteiger partial charge is 0.183 e. The Morgan fingerprint density at radius 2 is 2.42 bits per heavy atom. The van der Waals surface area contributed by atoms with E-state index in [1.54, 1.807) is 11.3 Å². The molecule has 0 spiro atoms. The molecule has 0 amide bonds. The van der Waals surface area contributed by atoms with Gasteiger partial charge in [-0.1, -0.05) is 11.3 Å². The fourth-order valence-corrected chi connectivity index (χ4v) is 2.58. The van der Waals surface area contributed by atoms with E-state index in [9.17, 15) is 0 Å². The third-order valence-corrected chi connectivity index (χ3v) is 3.44. The summed E-state index contributed by atoms with van der Waals surface area (Å²) in [6.45, 7) is 1.71. The SMILES string of the molecule is Brc1nnc(C2CCCOC2)s1. The molecule has 0 N–H and O–H groups in total. The molecule has 66 valence electrons. The first-order chi connectivity index (χ1) is 5.86. The van der Waals surface area contributed by atoms with Gasteiger partial charge in [-0.3, -0.25) is 0 Å². The van der Waals surface area contributed by atoms with Gasteiger partial charge in [0.25, 0.3) is 0 Å². The van der Waals surface area contributed by atoms with E-state index < -0.39 is 0 Å². The van der Waals surface area contributed by atoms with Gasteiger partial charge in [-0.05, 0) is 28.8 Å². The van der Waals surface area contributed by atoms with Gasteiger partial charge >= 0.3 is 0 Å². The van der Waals surface area contributed by atoms with Crippen LogP contribution in [0.5, 0.6) is 0 Å². The predicted octanol–water partition coefficient (Wildman–Crippen LogP) is 2.19. The quantitative estimate of drug-likeness (QED) is 0.765. The maximum Gasteiger partial charge on any atom is 0.183 e. The van der Waals surface area contributed by atoms with Crippen molar-refractivity contribution in [3.05, 3.63) is 8.92 Å². The highest BCUT2D eigenvalue weighted by Crippen LogP contribution is 2.29. The van der Waals surface area contributed by atoms with Gasteiger partial charge in [0.15, 0.2) is 3.92 Å². The molecule has 0 bridgehead atoms. The minimum Gasteiger partial charge on any atom is -0.381 e.